The topological polar surface area (TPSA) is 84.5 Å². The first kappa shape index (κ1) is 26.4. The second-order valence-electron chi connectivity index (χ2n) is 8.21. The number of Topliss-reactive ketones (excluding diaryl/α,β-unsaturated/α-hetero) is 1. The van der Waals surface area contributed by atoms with Crippen LogP contribution in [0.4, 0.5) is 5.69 Å². The van der Waals surface area contributed by atoms with E-state index in [1.165, 1.54) is 11.8 Å². The summed E-state index contributed by atoms with van der Waals surface area (Å²) in [6.07, 6.45) is 1.60. The molecule has 0 aliphatic rings. The average molecular weight is 523 g/mol. The minimum atomic E-state index is -0.475. The third-order valence-electron chi connectivity index (χ3n) is 5.51. The zero-order valence-corrected chi connectivity index (χ0v) is 21.5. The van der Waals surface area contributed by atoms with E-state index >= 15 is 0 Å². The summed E-state index contributed by atoms with van der Waals surface area (Å²) in [6.45, 7) is 0. The normalized spacial score (nSPS) is 10.9. The highest BCUT2D eigenvalue weighted by atomic mass is 32.2. The number of ether oxygens (including phenoxy) is 1. The molecule has 0 saturated carbocycles. The number of rotatable bonds is 10. The Bertz CT molecular complexity index is 1440. The Balaban J connectivity index is 1.46. The number of carbonyl (C=O) groups is 3. The molecule has 0 heterocycles. The minimum Gasteiger partial charge on any atom is -0.497 e. The average Bonchev–Trinajstić information content (AvgIpc) is 2.97. The quantitative estimate of drug-likeness (QED) is 0.150. The first-order valence-electron chi connectivity index (χ1n) is 11.9. The summed E-state index contributed by atoms with van der Waals surface area (Å²) >= 11 is 1.43. The molecule has 0 spiro atoms. The lowest BCUT2D eigenvalue weighted by Gasteiger charge is -2.12. The van der Waals surface area contributed by atoms with E-state index < -0.39 is 11.8 Å². The predicted molar refractivity (Wildman–Crippen MR) is 151 cm³/mol. The number of methoxy groups -OCH3 is 1. The molecule has 190 valence electrons. The van der Waals surface area contributed by atoms with Gasteiger partial charge in [-0.25, -0.2) is 0 Å². The van der Waals surface area contributed by atoms with Gasteiger partial charge >= 0.3 is 0 Å². The SMILES string of the molecule is COc1cccc(/C=C(\NC(=O)c2ccccc2)C(=O)Nc2ccc(SCC(=O)c3ccccc3)cc2)c1. The summed E-state index contributed by atoms with van der Waals surface area (Å²) in [7, 11) is 1.56. The summed E-state index contributed by atoms with van der Waals surface area (Å²) in [5, 5.41) is 5.56. The fourth-order valence-electron chi connectivity index (χ4n) is 3.53. The van der Waals surface area contributed by atoms with Crippen LogP contribution >= 0.6 is 11.8 Å². The standard InChI is InChI=1S/C31H26N2O4S/c1-37-26-14-8-9-22(19-26)20-28(33-30(35)24-12-6-3-7-13-24)31(36)32-25-15-17-27(18-16-25)38-21-29(34)23-10-4-2-5-11-23/h2-20H,21H2,1H3,(H,32,36)(H,33,35)/b28-20-. The third-order valence-corrected chi connectivity index (χ3v) is 6.52. The van der Waals surface area contributed by atoms with Crippen molar-refractivity contribution in [2.45, 2.75) is 4.90 Å². The molecule has 7 heteroatoms. The van der Waals surface area contributed by atoms with Crippen molar-refractivity contribution < 1.29 is 19.1 Å². The number of hydrogen-bond donors (Lipinski definition) is 2. The molecule has 0 fully saturated rings. The molecule has 0 aliphatic heterocycles. The molecule has 4 rings (SSSR count). The first-order chi connectivity index (χ1) is 18.5. The van der Waals surface area contributed by atoms with E-state index in [-0.39, 0.29) is 11.5 Å². The lowest BCUT2D eigenvalue weighted by Crippen LogP contribution is -2.30. The maximum Gasteiger partial charge on any atom is 0.272 e. The van der Waals surface area contributed by atoms with Gasteiger partial charge in [0.25, 0.3) is 11.8 Å². The highest BCUT2D eigenvalue weighted by molar-refractivity contribution is 8.00. The van der Waals surface area contributed by atoms with Gasteiger partial charge in [0.1, 0.15) is 11.4 Å². The van der Waals surface area contributed by atoms with Crippen LogP contribution in [0.2, 0.25) is 0 Å². The van der Waals surface area contributed by atoms with Crippen LogP contribution in [0.25, 0.3) is 6.08 Å². The molecule has 0 aliphatic carbocycles. The van der Waals surface area contributed by atoms with Crippen LogP contribution in [0.3, 0.4) is 0 Å². The maximum absolute atomic E-state index is 13.2. The van der Waals surface area contributed by atoms with Crippen molar-refractivity contribution in [1.82, 2.24) is 5.32 Å². The molecule has 2 amide bonds. The van der Waals surface area contributed by atoms with Crippen molar-refractivity contribution >= 4 is 41.1 Å². The molecule has 2 N–H and O–H groups in total. The molecule has 4 aromatic carbocycles. The fraction of sp³-hybridized carbons (Fsp3) is 0.0645. The van der Waals surface area contributed by atoms with Gasteiger partial charge in [0.05, 0.1) is 12.9 Å². The summed E-state index contributed by atoms with van der Waals surface area (Å²) in [5.74, 6) is 0.122. The van der Waals surface area contributed by atoms with Gasteiger partial charge in [0.15, 0.2) is 5.78 Å². The Kier molecular flexibility index (Phi) is 9.10. The number of carbonyl (C=O) groups excluding carboxylic acids is 3. The van der Waals surface area contributed by atoms with Gasteiger partial charge in [-0.3, -0.25) is 14.4 Å². The van der Waals surface area contributed by atoms with Crippen LogP contribution in [-0.4, -0.2) is 30.5 Å². The van der Waals surface area contributed by atoms with Crippen molar-refractivity contribution in [2.24, 2.45) is 0 Å². The Hall–Kier alpha value is -4.62. The molecule has 4 aromatic rings. The van der Waals surface area contributed by atoms with Crippen molar-refractivity contribution in [3.05, 3.63) is 132 Å². The van der Waals surface area contributed by atoms with Crippen molar-refractivity contribution in [1.29, 1.82) is 0 Å². The number of ketones is 1. The molecule has 0 unspecified atom stereocenters. The zero-order chi connectivity index (χ0) is 26.7. The monoisotopic (exact) mass is 522 g/mol. The van der Waals surface area contributed by atoms with Crippen LogP contribution in [0.5, 0.6) is 5.75 Å². The first-order valence-corrected chi connectivity index (χ1v) is 12.8. The lowest BCUT2D eigenvalue weighted by atomic mass is 10.1. The Morgan fingerprint density at radius 3 is 2.11 bits per heavy atom. The van der Waals surface area contributed by atoms with E-state index in [2.05, 4.69) is 10.6 Å². The van der Waals surface area contributed by atoms with Gasteiger partial charge in [0, 0.05) is 21.7 Å². The van der Waals surface area contributed by atoms with E-state index in [4.69, 9.17) is 4.74 Å². The van der Waals surface area contributed by atoms with E-state index in [9.17, 15) is 14.4 Å². The molecular weight excluding hydrogens is 496 g/mol. The number of thioether (sulfide) groups is 1. The maximum atomic E-state index is 13.2. The Morgan fingerprint density at radius 1 is 0.789 bits per heavy atom. The third kappa shape index (κ3) is 7.44. The zero-order valence-electron chi connectivity index (χ0n) is 20.7. The van der Waals surface area contributed by atoms with E-state index in [1.54, 1.807) is 79.9 Å². The van der Waals surface area contributed by atoms with Crippen LogP contribution < -0.4 is 15.4 Å². The summed E-state index contributed by atoms with van der Waals surface area (Å²) in [6, 6.07) is 32.2. The van der Waals surface area contributed by atoms with Gasteiger partial charge in [-0.2, -0.15) is 0 Å². The number of benzene rings is 4. The Labute approximate surface area is 225 Å². The summed E-state index contributed by atoms with van der Waals surface area (Å²) < 4.78 is 5.27. The molecule has 0 radical (unpaired) electrons. The van der Waals surface area contributed by atoms with E-state index in [1.807, 2.05) is 42.5 Å². The van der Waals surface area contributed by atoms with Crippen LogP contribution in [-0.2, 0) is 4.79 Å². The second kappa shape index (κ2) is 13.1. The molecular formula is C31H26N2O4S. The van der Waals surface area contributed by atoms with Crippen molar-refractivity contribution in [2.75, 3.05) is 18.2 Å². The number of anilines is 1. The van der Waals surface area contributed by atoms with E-state index in [0.29, 0.717) is 33.9 Å². The van der Waals surface area contributed by atoms with Crippen LogP contribution in [0.1, 0.15) is 26.3 Å². The molecule has 0 aromatic heterocycles. The van der Waals surface area contributed by atoms with Gasteiger partial charge in [-0.05, 0) is 60.2 Å². The van der Waals surface area contributed by atoms with Crippen LogP contribution in [0.15, 0.2) is 120 Å². The molecule has 0 saturated heterocycles. The number of nitrogens with one attached hydrogen (secondary N) is 2. The highest BCUT2D eigenvalue weighted by Gasteiger charge is 2.15. The highest BCUT2D eigenvalue weighted by Crippen LogP contribution is 2.22. The number of hydrogen-bond acceptors (Lipinski definition) is 5. The van der Waals surface area contributed by atoms with Gasteiger partial charge in [-0.15, -0.1) is 11.8 Å². The molecule has 0 atom stereocenters. The lowest BCUT2D eigenvalue weighted by molar-refractivity contribution is -0.113. The largest absolute Gasteiger partial charge is 0.497 e. The summed E-state index contributed by atoms with van der Waals surface area (Å²) in [5.41, 5.74) is 2.44. The molecule has 38 heavy (non-hydrogen) atoms. The summed E-state index contributed by atoms with van der Waals surface area (Å²) in [4.78, 5) is 39.3. The molecule has 6 nitrogen and oxygen atoms in total. The number of amides is 2. The van der Waals surface area contributed by atoms with Gasteiger partial charge in [-0.1, -0.05) is 60.7 Å². The van der Waals surface area contributed by atoms with Gasteiger partial charge < -0.3 is 15.4 Å². The van der Waals surface area contributed by atoms with Crippen molar-refractivity contribution in [3.63, 3.8) is 0 Å². The van der Waals surface area contributed by atoms with Crippen molar-refractivity contribution in [3.8, 4) is 5.75 Å². The Morgan fingerprint density at radius 2 is 1.45 bits per heavy atom. The van der Waals surface area contributed by atoms with E-state index in [0.717, 1.165) is 4.90 Å². The fourth-order valence-corrected chi connectivity index (χ4v) is 4.32. The predicted octanol–water partition coefficient (Wildman–Crippen LogP) is 6.08. The molecule has 0 bridgehead atoms. The van der Waals surface area contributed by atoms with Crippen LogP contribution in [0, 0.1) is 0 Å². The second-order valence-corrected chi connectivity index (χ2v) is 9.26. The van der Waals surface area contributed by atoms with Gasteiger partial charge in [0.2, 0.25) is 0 Å². The smallest absolute Gasteiger partial charge is 0.272 e. The minimum absolute atomic E-state index is 0.0504.